The van der Waals surface area contributed by atoms with Gasteiger partial charge in [0.1, 0.15) is 11.9 Å². The number of benzene rings is 1. The summed E-state index contributed by atoms with van der Waals surface area (Å²) in [6, 6.07) is 9.44. The van der Waals surface area contributed by atoms with Crippen LogP contribution in [0.4, 0.5) is 4.39 Å². The van der Waals surface area contributed by atoms with Crippen LogP contribution in [0.15, 0.2) is 54.6 Å². The number of carbonyl (C=O) groups is 1. The van der Waals surface area contributed by atoms with Crippen LogP contribution < -0.4 is 4.74 Å². The fourth-order valence-electron chi connectivity index (χ4n) is 4.65. The maximum Gasteiger partial charge on any atom is 0.293 e. The van der Waals surface area contributed by atoms with Crippen molar-refractivity contribution in [1.29, 1.82) is 0 Å². The summed E-state index contributed by atoms with van der Waals surface area (Å²) >= 11 is 0. The molecule has 2 aromatic rings. The van der Waals surface area contributed by atoms with E-state index in [1.807, 2.05) is 42.5 Å². The van der Waals surface area contributed by atoms with E-state index in [1.165, 1.54) is 0 Å². The molecule has 3 aliphatic rings. The number of allylic oxidation sites excluding steroid dienone is 4. The maximum absolute atomic E-state index is 14.7. The second-order valence-corrected chi connectivity index (χ2v) is 8.55. The van der Waals surface area contributed by atoms with Crippen LogP contribution in [0.3, 0.4) is 0 Å². The first-order chi connectivity index (χ1) is 14.5. The highest BCUT2D eigenvalue weighted by Gasteiger charge is 2.44. The summed E-state index contributed by atoms with van der Waals surface area (Å²) in [6.07, 6.45) is 8.83. The van der Waals surface area contributed by atoms with Crippen molar-refractivity contribution >= 4 is 5.91 Å². The van der Waals surface area contributed by atoms with Gasteiger partial charge in [0.2, 0.25) is 5.82 Å². The zero-order valence-corrected chi connectivity index (χ0v) is 16.9. The standard InChI is InChI=1S/C23H25FN4O2/c1-23(11-6-3-7-12-23)19-14-18(24)21-25-20(26-28(19)21)22(29)27-13-10-17(15-27)30-16-8-4-2-5-9-16/h2-9,11,17-19H,10,12-15H2,1H3/t17?,18-,19-,23?/m0/s1. The smallest absolute Gasteiger partial charge is 0.293 e. The molecule has 1 amide bonds. The monoisotopic (exact) mass is 408 g/mol. The number of amides is 1. The molecule has 1 saturated heterocycles. The first kappa shape index (κ1) is 19.0. The number of hydrogen-bond acceptors (Lipinski definition) is 4. The number of para-hydroxylation sites is 1. The molecule has 30 heavy (non-hydrogen) atoms. The Morgan fingerprint density at radius 2 is 2.10 bits per heavy atom. The third kappa shape index (κ3) is 3.32. The Kier molecular flexibility index (Phi) is 4.68. The van der Waals surface area contributed by atoms with Gasteiger partial charge in [-0.2, -0.15) is 0 Å². The summed E-state index contributed by atoms with van der Waals surface area (Å²) in [5.41, 5.74) is -0.235. The SMILES string of the molecule is CC1([C@@H]2C[C@H](F)c3nc(C(=O)N4CCC(Oc5ccccc5)C4)nn32)C=CC=CC1. The lowest BCUT2D eigenvalue weighted by molar-refractivity contribution is 0.0758. The third-order valence-corrected chi connectivity index (χ3v) is 6.38. The molecule has 1 fully saturated rings. The molecule has 2 unspecified atom stereocenters. The van der Waals surface area contributed by atoms with Crippen molar-refractivity contribution in [3.8, 4) is 5.75 Å². The fraction of sp³-hybridized carbons (Fsp3) is 0.435. The van der Waals surface area contributed by atoms with E-state index in [4.69, 9.17) is 4.74 Å². The van der Waals surface area contributed by atoms with Crippen LogP contribution in [-0.4, -0.2) is 44.8 Å². The molecular formula is C23H25FN4O2. The topological polar surface area (TPSA) is 60.3 Å². The third-order valence-electron chi connectivity index (χ3n) is 6.38. The minimum atomic E-state index is -1.20. The fourth-order valence-corrected chi connectivity index (χ4v) is 4.65. The first-order valence-electron chi connectivity index (χ1n) is 10.5. The predicted octanol–water partition coefficient (Wildman–Crippen LogP) is 4.05. The van der Waals surface area contributed by atoms with E-state index in [-0.39, 0.29) is 35.1 Å². The highest BCUT2D eigenvalue weighted by atomic mass is 19.1. The van der Waals surface area contributed by atoms with Gasteiger partial charge in [0.25, 0.3) is 5.91 Å². The van der Waals surface area contributed by atoms with Crippen molar-refractivity contribution in [2.45, 2.75) is 44.5 Å². The number of likely N-dealkylation sites (tertiary alicyclic amines) is 1. The summed E-state index contributed by atoms with van der Waals surface area (Å²) in [4.78, 5) is 19.0. The zero-order chi connectivity index (χ0) is 20.7. The average molecular weight is 408 g/mol. The molecule has 4 atom stereocenters. The normalized spacial score (nSPS) is 29.9. The van der Waals surface area contributed by atoms with Gasteiger partial charge in [-0.15, -0.1) is 5.10 Å². The van der Waals surface area contributed by atoms with Crippen LogP contribution in [0.5, 0.6) is 5.75 Å². The molecule has 0 bridgehead atoms. The predicted molar refractivity (Wildman–Crippen MR) is 110 cm³/mol. The molecule has 1 aliphatic carbocycles. The van der Waals surface area contributed by atoms with E-state index in [9.17, 15) is 9.18 Å². The Morgan fingerprint density at radius 1 is 1.27 bits per heavy atom. The van der Waals surface area contributed by atoms with E-state index >= 15 is 0 Å². The minimum Gasteiger partial charge on any atom is -0.489 e. The van der Waals surface area contributed by atoms with Gasteiger partial charge in [0, 0.05) is 24.8 Å². The number of alkyl halides is 1. The molecule has 6 nitrogen and oxygen atoms in total. The lowest BCUT2D eigenvalue weighted by atomic mass is 9.76. The number of nitrogens with zero attached hydrogens (tertiary/aromatic N) is 4. The van der Waals surface area contributed by atoms with Gasteiger partial charge in [-0.1, -0.05) is 49.4 Å². The van der Waals surface area contributed by atoms with Crippen LogP contribution in [0, 0.1) is 5.41 Å². The van der Waals surface area contributed by atoms with E-state index in [1.54, 1.807) is 9.58 Å². The largest absolute Gasteiger partial charge is 0.489 e. The van der Waals surface area contributed by atoms with Crippen molar-refractivity contribution < 1.29 is 13.9 Å². The van der Waals surface area contributed by atoms with Crippen LogP contribution in [0.25, 0.3) is 0 Å². The van der Waals surface area contributed by atoms with Gasteiger partial charge in [-0.3, -0.25) is 4.79 Å². The maximum atomic E-state index is 14.7. The van der Waals surface area contributed by atoms with Crippen LogP contribution in [0.2, 0.25) is 0 Å². The van der Waals surface area contributed by atoms with E-state index in [0.29, 0.717) is 19.5 Å². The number of carbonyl (C=O) groups excluding carboxylic acids is 1. The molecule has 3 heterocycles. The second kappa shape index (κ2) is 7.38. The minimum absolute atomic E-state index is 0.0643. The summed E-state index contributed by atoms with van der Waals surface area (Å²) < 4.78 is 22.4. The highest BCUT2D eigenvalue weighted by molar-refractivity contribution is 5.90. The first-order valence-corrected chi connectivity index (χ1v) is 10.5. The molecule has 1 aromatic carbocycles. The Balaban J connectivity index is 1.31. The number of aromatic nitrogens is 3. The number of rotatable bonds is 4. The lowest BCUT2D eigenvalue weighted by Gasteiger charge is -2.33. The molecule has 1 aromatic heterocycles. The molecule has 156 valence electrons. The molecule has 0 N–H and O–H groups in total. The van der Waals surface area contributed by atoms with Crippen LogP contribution >= 0.6 is 0 Å². The Labute approximate surface area is 175 Å². The van der Waals surface area contributed by atoms with Gasteiger partial charge < -0.3 is 9.64 Å². The summed E-state index contributed by atoms with van der Waals surface area (Å²) in [5.74, 6) is 0.883. The van der Waals surface area contributed by atoms with Crippen molar-refractivity contribution in [3.63, 3.8) is 0 Å². The number of hydrogen-bond donors (Lipinski definition) is 0. The summed E-state index contributed by atoms with van der Waals surface area (Å²) in [6.45, 7) is 3.16. The van der Waals surface area contributed by atoms with Gasteiger partial charge in [0.15, 0.2) is 12.0 Å². The number of ether oxygens (including phenoxy) is 1. The zero-order valence-electron chi connectivity index (χ0n) is 16.9. The van der Waals surface area contributed by atoms with Gasteiger partial charge in [0.05, 0.1) is 12.6 Å². The number of fused-ring (bicyclic) bond motifs is 1. The van der Waals surface area contributed by atoms with E-state index < -0.39 is 6.17 Å². The Morgan fingerprint density at radius 3 is 2.87 bits per heavy atom. The quantitative estimate of drug-likeness (QED) is 0.766. The second-order valence-electron chi connectivity index (χ2n) is 8.55. The van der Waals surface area contributed by atoms with Gasteiger partial charge in [-0.25, -0.2) is 14.1 Å². The van der Waals surface area contributed by atoms with Crippen molar-refractivity contribution in [2.24, 2.45) is 5.41 Å². The Bertz CT molecular complexity index is 1000. The number of halogens is 1. The van der Waals surface area contributed by atoms with E-state index in [2.05, 4.69) is 29.2 Å². The average Bonchev–Trinajstić information content (AvgIpc) is 3.46. The molecule has 5 rings (SSSR count). The van der Waals surface area contributed by atoms with Crippen molar-refractivity contribution in [1.82, 2.24) is 19.7 Å². The molecular weight excluding hydrogens is 383 g/mol. The highest BCUT2D eigenvalue weighted by Crippen LogP contribution is 2.48. The molecule has 0 spiro atoms. The molecule has 7 heteroatoms. The lowest BCUT2D eigenvalue weighted by Crippen LogP contribution is -2.32. The summed E-state index contributed by atoms with van der Waals surface area (Å²) in [7, 11) is 0. The molecule has 2 aliphatic heterocycles. The van der Waals surface area contributed by atoms with Gasteiger partial charge in [-0.05, 0) is 18.6 Å². The van der Waals surface area contributed by atoms with E-state index in [0.717, 1.165) is 18.6 Å². The van der Waals surface area contributed by atoms with Crippen molar-refractivity contribution in [2.75, 3.05) is 13.1 Å². The molecule has 0 saturated carbocycles. The van der Waals surface area contributed by atoms with Crippen molar-refractivity contribution in [3.05, 3.63) is 66.3 Å². The Hall–Kier alpha value is -2.96. The van der Waals surface area contributed by atoms with Crippen LogP contribution in [0.1, 0.15) is 54.8 Å². The summed E-state index contributed by atoms with van der Waals surface area (Å²) in [5, 5.41) is 4.47. The van der Waals surface area contributed by atoms with Crippen LogP contribution in [-0.2, 0) is 0 Å². The molecule has 0 radical (unpaired) electrons. The van der Waals surface area contributed by atoms with Gasteiger partial charge >= 0.3 is 0 Å².